The minimum Gasteiger partial charge on any atom is -0.489 e. The normalized spacial score (nSPS) is 11.1. The number of carbonyl (C=O) groups is 1. The summed E-state index contributed by atoms with van der Waals surface area (Å²) in [7, 11) is 0. The van der Waals surface area contributed by atoms with Crippen LogP contribution >= 0.6 is 11.6 Å². The molecule has 0 unspecified atom stereocenters. The van der Waals surface area contributed by atoms with E-state index in [9.17, 15) is 9.90 Å². The van der Waals surface area contributed by atoms with Gasteiger partial charge in [-0.1, -0.05) is 72.3 Å². The van der Waals surface area contributed by atoms with Crippen molar-refractivity contribution in [1.82, 2.24) is 9.55 Å². The van der Waals surface area contributed by atoms with Gasteiger partial charge in [0.15, 0.2) is 0 Å². The van der Waals surface area contributed by atoms with Gasteiger partial charge in [-0.25, -0.2) is 9.78 Å². The number of benzene rings is 4. The van der Waals surface area contributed by atoms with E-state index < -0.39 is 5.97 Å². The largest absolute Gasteiger partial charge is 0.489 e. The molecule has 0 spiro atoms. The van der Waals surface area contributed by atoms with Gasteiger partial charge in [-0.05, 0) is 60.7 Å². The molecule has 37 heavy (non-hydrogen) atoms. The third kappa shape index (κ3) is 4.95. The topological polar surface area (TPSA) is 64.4 Å². The third-order valence-electron chi connectivity index (χ3n) is 6.66. The number of aromatic carboxylic acids is 1. The number of halogens is 1. The molecule has 0 radical (unpaired) electrons. The number of hydrogen-bond acceptors (Lipinski definition) is 3. The number of imidazole rings is 1. The molecule has 0 aliphatic carbocycles. The molecule has 186 valence electrons. The first-order valence-corrected chi connectivity index (χ1v) is 12.5. The molecule has 1 aromatic heterocycles. The van der Waals surface area contributed by atoms with E-state index in [0.29, 0.717) is 28.4 Å². The lowest BCUT2D eigenvalue weighted by Crippen LogP contribution is -2.08. The van der Waals surface area contributed by atoms with Crippen molar-refractivity contribution in [3.63, 3.8) is 0 Å². The molecule has 5 nitrogen and oxygen atoms in total. The van der Waals surface area contributed by atoms with E-state index in [1.54, 1.807) is 19.1 Å². The Morgan fingerprint density at radius 2 is 1.68 bits per heavy atom. The van der Waals surface area contributed by atoms with Gasteiger partial charge >= 0.3 is 5.97 Å². The highest BCUT2D eigenvalue weighted by Crippen LogP contribution is 2.30. The van der Waals surface area contributed by atoms with E-state index in [4.69, 9.17) is 21.3 Å². The van der Waals surface area contributed by atoms with Crippen LogP contribution in [0, 0.1) is 20.8 Å². The predicted octanol–water partition coefficient (Wildman–Crippen LogP) is 7.61. The number of ether oxygens (including phenoxy) is 1. The van der Waals surface area contributed by atoms with Crippen LogP contribution in [0.5, 0.6) is 5.75 Å². The molecule has 5 aromatic rings. The standard InChI is InChI=1S/C31H27ClN2O3/c1-19-8-7-11-25(29(19)31(35)36)18-37-26-14-20(2)30-28(16-26)34(21(3)33-30)17-24-13-12-23(15-27(24)32)22-9-5-4-6-10-22/h4-16H,17-18H2,1-3H3,(H,35,36). The zero-order valence-electron chi connectivity index (χ0n) is 21.0. The molecule has 1 heterocycles. The summed E-state index contributed by atoms with van der Waals surface area (Å²) in [5.74, 6) is 0.590. The number of nitrogens with zero attached hydrogens (tertiary/aromatic N) is 2. The van der Waals surface area contributed by atoms with Crippen molar-refractivity contribution in [2.24, 2.45) is 0 Å². The molecule has 0 atom stereocenters. The minimum atomic E-state index is -0.952. The number of aryl methyl sites for hydroxylation is 3. The highest BCUT2D eigenvalue weighted by molar-refractivity contribution is 6.31. The summed E-state index contributed by atoms with van der Waals surface area (Å²) in [4.78, 5) is 16.6. The van der Waals surface area contributed by atoms with E-state index in [1.165, 1.54) is 0 Å². The molecule has 0 aliphatic heterocycles. The summed E-state index contributed by atoms with van der Waals surface area (Å²) in [5.41, 5.74) is 7.67. The van der Waals surface area contributed by atoms with Crippen LogP contribution in [0.3, 0.4) is 0 Å². The first-order valence-electron chi connectivity index (χ1n) is 12.1. The summed E-state index contributed by atoms with van der Waals surface area (Å²) in [6.45, 7) is 6.51. The van der Waals surface area contributed by atoms with Crippen molar-refractivity contribution < 1.29 is 14.6 Å². The van der Waals surface area contributed by atoms with Gasteiger partial charge < -0.3 is 14.4 Å². The van der Waals surface area contributed by atoms with Crippen molar-refractivity contribution in [2.45, 2.75) is 33.9 Å². The molecule has 6 heteroatoms. The maximum Gasteiger partial charge on any atom is 0.336 e. The second-order valence-electron chi connectivity index (χ2n) is 9.23. The SMILES string of the molecule is Cc1cccc(COc2cc(C)c3nc(C)n(Cc4ccc(-c5ccccc5)cc4Cl)c3c2)c1C(=O)O. The molecular weight excluding hydrogens is 484 g/mol. The summed E-state index contributed by atoms with van der Waals surface area (Å²) in [5, 5.41) is 10.3. The fourth-order valence-corrected chi connectivity index (χ4v) is 4.97. The van der Waals surface area contributed by atoms with Crippen molar-refractivity contribution in [1.29, 1.82) is 0 Å². The molecular formula is C31H27ClN2O3. The third-order valence-corrected chi connectivity index (χ3v) is 7.02. The van der Waals surface area contributed by atoms with Gasteiger partial charge in [-0.15, -0.1) is 0 Å². The average molecular weight is 511 g/mol. The zero-order chi connectivity index (χ0) is 26.1. The smallest absolute Gasteiger partial charge is 0.336 e. The number of aromatic nitrogens is 2. The first-order chi connectivity index (χ1) is 17.8. The number of carboxylic acids is 1. The van der Waals surface area contributed by atoms with Crippen molar-refractivity contribution >= 4 is 28.6 Å². The highest BCUT2D eigenvalue weighted by atomic mass is 35.5. The Labute approximate surface area is 220 Å². The van der Waals surface area contributed by atoms with Gasteiger partial charge in [0.1, 0.15) is 18.2 Å². The lowest BCUT2D eigenvalue weighted by Gasteiger charge is -2.13. The molecule has 4 aromatic carbocycles. The Hall–Kier alpha value is -4.09. The summed E-state index contributed by atoms with van der Waals surface area (Å²) >= 11 is 6.73. The number of hydrogen-bond donors (Lipinski definition) is 1. The van der Waals surface area contributed by atoms with Crippen LogP contribution in [0.25, 0.3) is 22.2 Å². The molecule has 5 rings (SSSR count). The molecule has 0 saturated carbocycles. The maximum atomic E-state index is 11.8. The van der Waals surface area contributed by atoms with E-state index in [0.717, 1.165) is 39.1 Å². The van der Waals surface area contributed by atoms with E-state index >= 15 is 0 Å². The lowest BCUT2D eigenvalue weighted by molar-refractivity contribution is 0.0693. The lowest BCUT2D eigenvalue weighted by atomic mass is 10.0. The molecule has 0 bridgehead atoms. The summed E-state index contributed by atoms with van der Waals surface area (Å²) in [6, 6.07) is 25.7. The molecule has 1 N–H and O–H groups in total. The van der Waals surface area contributed by atoms with Crippen LogP contribution in [0.1, 0.15) is 38.4 Å². The quantitative estimate of drug-likeness (QED) is 0.245. The fourth-order valence-electron chi connectivity index (χ4n) is 4.73. The Balaban J connectivity index is 1.45. The van der Waals surface area contributed by atoms with Gasteiger partial charge in [-0.2, -0.15) is 0 Å². The van der Waals surface area contributed by atoms with Crippen LogP contribution in [-0.2, 0) is 13.2 Å². The predicted molar refractivity (Wildman–Crippen MR) is 148 cm³/mol. The second kappa shape index (κ2) is 10.1. The monoisotopic (exact) mass is 510 g/mol. The first kappa shape index (κ1) is 24.6. The van der Waals surface area contributed by atoms with Crippen LogP contribution in [0.2, 0.25) is 5.02 Å². The molecule has 0 aliphatic rings. The van der Waals surface area contributed by atoms with E-state index in [-0.39, 0.29) is 12.2 Å². The van der Waals surface area contributed by atoms with Crippen molar-refractivity contribution in [3.05, 3.63) is 118 Å². The Kier molecular flexibility index (Phi) is 6.72. The molecule has 0 fully saturated rings. The van der Waals surface area contributed by atoms with Gasteiger partial charge in [0.25, 0.3) is 0 Å². The van der Waals surface area contributed by atoms with Gasteiger partial charge in [0.2, 0.25) is 0 Å². The van der Waals surface area contributed by atoms with Crippen molar-refractivity contribution in [2.75, 3.05) is 0 Å². The van der Waals surface area contributed by atoms with E-state index in [1.807, 2.05) is 56.3 Å². The fraction of sp³-hybridized carbons (Fsp3) is 0.161. The maximum absolute atomic E-state index is 11.8. The number of fused-ring (bicyclic) bond motifs is 1. The van der Waals surface area contributed by atoms with Gasteiger partial charge in [0.05, 0.1) is 23.1 Å². The summed E-state index contributed by atoms with van der Waals surface area (Å²) < 4.78 is 8.23. The summed E-state index contributed by atoms with van der Waals surface area (Å²) in [6.07, 6.45) is 0. The Morgan fingerprint density at radius 3 is 2.41 bits per heavy atom. The number of rotatable bonds is 7. The Morgan fingerprint density at radius 1 is 0.892 bits per heavy atom. The second-order valence-corrected chi connectivity index (χ2v) is 9.64. The highest BCUT2D eigenvalue weighted by Gasteiger charge is 2.16. The molecule has 0 saturated heterocycles. The average Bonchev–Trinajstić information content (AvgIpc) is 3.19. The van der Waals surface area contributed by atoms with Crippen LogP contribution in [0.4, 0.5) is 0 Å². The number of carboxylic acid groups (broad SMARTS) is 1. The molecule has 0 amide bonds. The van der Waals surface area contributed by atoms with Gasteiger partial charge in [-0.3, -0.25) is 0 Å². The van der Waals surface area contributed by atoms with Gasteiger partial charge in [0, 0.05) is 16.7 Å². The van der Waals surface area contributed by atoms with Crippen LogP contribution in [0.15, 0.2) is 78.9 Å². The zero-order valence-corrected chi connectivity index (χ0v) is 21.7. The van der Waals surface area contributed by atoms with E-state index in [2.05, 4.69) is 28.8 Å². The minimum absolute atomic E-state index is 0.161. The Bertz CT molecular complexity index is 1620. The van der Waals surface area contributed by atoms with Crippen LogP contribution < -0.4 is 4.74 Å². The van der Waals surface area contributed by atoms with Crippen molar-refractivity contribution in [3.8, 4) is 16.9 Å². The van der Waals surface area contributed by atoms with Crippen LogP contribution in [-0.4, -0.2) is 20.6 Å².